The highest BCUT2D eigenvalue weighted by Crippen LogP contribution is 2.14. The average molecular weight is 248 g/mol. The summed E-state index contributed by atoms with van der Waals surface area (Å²) >= 11 is 0. The highest BCUT2D eigenvalue weighted by molar-refractivity contribution is 7.89. The largest absolute Gasteiger partial charge is 0.480 e. The molecule has 1 heterocycles. The summed E-state index contributed by atoms with van der Waals surface area (Å²) in [6.07, 6.45) is 1.07. The number of rotatable bonds is 4. The van der Waals surface area contributed by atoms with E-state index >= 15 is 0 Å². The van der Waals surface area contributed by atoms with Crippen molar-refractivity contribution in [2.75, 3.05) is 7.05 Å². The molecule has 9 heteroatoms. The summed E-state index contributed by atoms with van der Waals surface area (Å²) in [4.78, 5) is 10.7. The first kappa shape index (κ1) is 12.6. The standard InChI is InChI=1S/C7H12N4O4S/c1-5(7(12)13)11(3)16(14,15)6-4-8-9-10(6)2/h4-5H,1-3H3,(H,12,13)/t5-/m0/s1. The molecule has 0 aliphatic carbocycles. The number of aryl methyl sites for hydroxylation is 1. The van der Waals surface area contributed by atoms with Gasteiger partial charge in [-0.1, -0.05) is 5.21 Å². The van der Waals surface area contributed by atoms with Gasteiger partial charge in [-0.05, 0) is 6.92 Å². The van der Waals surface area contributed by atoms with Crippen molar-refractivity contribution in [2.45, 2.75) is 18.0 Å². The molecule has 0 saturated heterocycles. The minimum atomic E-state index is -3.88. The molecule has 0 bridgehead atoms. The van der Waals surface area contributed by atoms with Crippen LogP contribution in [0.4, 0.5) is 0 Å². The fourth-order valence-electron chi connectivity index (χ4n) is 1.03. The molecule has 0 fully saturated rings. The van der Waals surface area contributed by atoms with Crippen molar-refractivity contribution < 1.29 is 18.3 Å². The Morgan fingerprint density at radius 1 is 1.62 bits per heavy atom. The van der Waals surface area contributed by atoms with Crippen LogP contribution in [0.25, 0.3) is 0 Å². The lowest BCUT2D eigenvalue weighted by Crippen LogP contribution is -2.40. The zero-order valence-corrected chi connectivity index (χ0v) is 9.84. The van der Waals surface area contributed by atoms with Crippen LogP contribution >= 0.6 is 0 Å². The van der Waals surface area contributed by atoms with Gasteiger partial charge >= 0.3 is 5.97 Å². The molecule has 0 spiro atoms. The molecule has 90 valence electrons. The van der Waals surface area contributed by atoms with E-state index in [9.17, 15) is 13.2 Å². The second kappa shape index (κ2) is 4.18. The molecule has 0 aromatic carbocycles. The lowest BCUT2D eigenvalue weighted by atomic mass is 10.4. The molecule has 1 aromatic rings. The molecule has 16 heavy (non-hydrogen) atoms. The maximum absolute atomic E-state index is 11.9. The molecule has 1 N–H and O–H groups in total. The summed E-state index contributed by atoms with van der Waals surface area (Å²) in [5.41, 5.74) is 0. The van der Waals surface area contributed by atoms with E-state index in [-0.39, 0.29) is 5.03 Å². The number of aliphatic carboxylic acids is 1. The van der Waals surface area contributed by atoms with Crippen LogP contribution in [-0.2, 0) is 21.9 Å². The summed E-state index contributed by atoms with van der Waals surface area (Å²) in [5, 5.41) is 15.5. The van der Waals surface area contributed by atoms with Crippen LogP contribution in [0.2, 0.25) is 0 Å². The van der Waals surface area contributed by atoms with Crippen molar-refractivity contribution in [1.82, 2.24) is 19.3 Å². The van der Waals surface area contributed by atoms with E-state index < -0.39 is 22.0 Å². The van der Waals surface area contributed by atoms with Gasteiger partial charge in [-0.15, -0.1) is 5.10 Å². The van der Waals surface area contributed by atoms with Crippen LogP contribution in [0, 0.1) is 0 Å². The Hall–Kier alpha value is -1.48. The molecule has 0 radical (unpaired) electrons. The number of carbonyl (C=O) groups is 1. The van der Waals surface area contributed by atoms with Crippen molar-refractivity contribution in [3.8, 4) is 0 Å². The van der Waals surface area contributed by atoms with Crippen molar-refractivity contribution in [2.24, 2.45) is 7.05 Å². The first-order valence-electron chi connectivity index (χ1n) is 4.34. The predicted octanol–water partition coefficient (Wildman–Crippen LogP) is -1.09. The number of sulfonamides is 1. The summed E-state index contributed by atoms with van der Waals surface area (Å²) in [7, 11) is -1.27. The fourth-order valence-corrected chi connectivity index (χ4v) is 2.38. The van der Waals surface area contributed by atoms with E-state index in [1.807, 2.05) is 0 Å². The van der Waals surface area contributed by atoms with Gasteiger partial charge in [0.15, 0.2) is 5.03 Å². The van der Waals surface area contributed by atoms with Crippen LogP contribution < -0.4 is 0 Å². The zero-order chi connectivity index (χ0) is 12.5. The number of hydrogen-bond acceptors (Lipinski definition) is 5. The van der Waals surface area contributed by atoms with Gasteiger partial charge in [0.2, 0.25) is 0 Å². The fraction of sp³-hybridized carbons (Fsp3) is 0.571. The zero-order valence-electron chi connectivity index (χ0n) is 9.02. The van der Waals surface area contributed by atoms with Crippen LogP contribution in [0.1, 0.15) is 6.92 Å². The first-order chi connectivity index (χ1) is 7.28. The van der Waals surface area contributed by atoms with Gasteiger partial charge in [0.1, 0.15) is 6.04 Å². The quantitative estimate of drug-likeness (QED) is 0.725. The average Bonchev–Trinajstić information content (AvgIpc) is 2.62. The van der Waals surface area contributed by atoms with Crippen molar-refractivity contribution in [1.29, 1.82) is 0 Å². The Morgan fingerprint density at radius 2 is 2.19 bits per heavy atom. The highest BCUT2D eigenvalue weighted by Gasteiger charge is 2.31. The third kappa shape index (κ3) is 2.04. The minimum Gasteiger partial charge on any atom is -0.480 e. The second-order valence-electron chi connectivity index (χ2n) is 3.23. The SMILES string of the molecule is C[C@@H](C(=O)O)N(C)S(=O)(=O)c1cnnn1C. The van der Waals surface area contributed by atoms with Gasteiger partial charge < -0.3 is 5.11 Å². The number of aromatic nitrogens is 3. The van der Waals surface area contributed by atoms with E-state index in [0.29, 0.717) is 0 Å². The minimum absolute atomic E-state index is 0.150. The van der Waals surface area contributed by atoms with Gasteiger partial charge in [-0.3, -0.25) is 4.79 Å². The lowest BCUT2D eigenvalue weighted by Gasteiger charge is -2.20. The lowest BCUT2D eigenvalue weighted by molar-refractivity contribution is -0.140. The van der Waals surface area contributed by atoms with Gasteiger partial charge in [0.05, 0.1) is 6.20 Å². The van der Waals surface area contributed by atoms with Crippen molar-refractivity contribution in [3.05, 3.63) is 6.20 Å². The third-order valence-electron chi connectivity index (χ3n) is 2.22. The maximum atomic E-state index is 11.9. The van der Waals surface area contributed by atoms with E-state index in [4.69, 9.17) is 5.11 Å². The van der Waals surface area contributed by atoms with Gasteiger partial charge in [0, 0.05) is 14.1 Å². The number of carboxylic acid groups (broad SMARTS) is 1. The summed E-state index contributed by atoms with van der Waals surface area (Å²) < 4.78 is 25.7. The number of nitrogens with zero attached hydrogens (tertiary/aromatic N) is 4. The Bertz CT molecular complexity index is 494. The van der Waals surface area contributed by atoms with Crippen LogP contribution in [-0.4, -0.2) is 51.9 Å². The summed E-state index contributed by atoms with van der Waals surface area (Å²) in [6.45, 7) is 1.28. The Morgan fingerprint density at radius 3 is 2.56 bits per heavy atom. The monoisotopic (exact) mass is 248 g/mol. The molecule has 1 atom stereocenters. The van der Waals surface area contributed by atoms with Crippen LogP contribution in [0.15, 0.2) is 11.2 Å². The Labute approximate surface area is 92.5 Å². The van der Waals surface area contributed by atoms with Crippen molar-refractivity contribution in [3.63, 3.8) is 0 Å². The second-order valence-corrected chi connectivity index (χ2v) is 5.18. The van der Waals surface area contributed by atoms with Gasteiger partial charge in [-0.2, -0.15) is 4.31 Å². The van der Waals surface area contributed by atoms with Crippen molar-refractivity contribution >= 4 is 16.0 Å². The van der Waals surface area contributed by atoms with E-state index in [1.54, 1.807) is 0 Å². The van der Waals surface area contributed by atoms with E-state index in [1.165, 1.54) is 21.0 Å². The van der Waals surface area contributed by atoms with Gasteiger partial charge in [-0.25, -0.2) is 13.1 Å². The number of hydrogen-bond donors (Lipinski definition) is 1. The molecule has 1 rings (SSSR count). The molecular formula is C7H12N4O4S. The van der Waals surface area contributed by atoms with E-state index in [0.717, 1.165) is 15.2 Å². The number of carboxylic acids is 1. The molecule has 0 saturated carbocycles. The van der Waals surface area contributed by atoms with E-state index in [2.05, 4.69) is 10.3 Å². The Kier molecular flexibility index (Phi) is 3.29. The molecule has 0 unspecified atom stereocenters. The Balaban J connectivity index is 3.13. The first-order valence-corrected chi connectivity index (χ1v) is 5.78. The molecule has 1 aromatic heterocycles. The molecule has 0 amide bonds. The van der Waals surface area contributed by atoms with Crippen LogP contribution in [0.5, 0.6) is 0 Å². The maximum Gasteiger partial charge on any atom is 0.321 e. The molecule has 8 nitrogen and oxygen atoms in total. The third-order valence-corrected chi connectivity index (χ3v) is 4.19. The number of likely N-dealkylation sites (N-methyl/N-ethyl adjacent to an activating group) is 1. The molecular weight excluding hydrogens is 236 g/mol. The normalized spacial score (nSPS) is 14.0. The molecule has 0 aliphatic heterocycles. The summed E-state index contributed by atoms with van der Waals surface area (Å²) in [5.74, 6) is -1.22. The van der Waals surface area contributed by atoms with Gasteiger partial charge in [0.25, 0.3) is 10.0 Å². The summed E-state index contributed by atoms with van der Waals surface area (Å²) in [6, 6.07) is -1.15. The van der Waals surface area contributed by atoms with Crippen LogP contribution in [0.3, 0.4) is 0 Å². The highest BCUT2D eigenvalue weighted by atomic mass is 32.2. The predicted molar refractivity (Wildman–Crippen MR) is 53.0 cm³/mol. The smallest absolute Gasteiger partial charge is 0.321 e. The molecule has 0 aliphatic rings. The topological polar surface area (TPSA) is 105 Å².